The SMILES string of the molecule is CCC(N=C=O)c1cc(C)c(F)c(C)c1. The molecule has 0 aliphatic rings. The quantitative estimate of drug-likeness (QED) is 0.552. The molecule has 0 aromatic heterocycles. The Morgan fingerprint density at radius 1 is 1.40 bits per heavy atom. The van der Waals surface area contributed by atoms with Gasteiger partial charge in [0.1, 0.15) is 5.82 Å². The molecule has 0 aliphatic heterocycles. The van der Waals surface area contributed by atoms with E-state index in [4.69, 9.17) is 0 Å². The Hall–Kier alpha value is -1.47. The first-order valence-electron chi connectivity index (χ1n) is 4.93. The summed E-state index contributed by atoms with van der Waals surface area (Å²) in [6, 6.07) is 3.26. The molecule has 0 bridgehead atoms. The van der Waals surface area contributed by atoms with E-state index < -0.39 is 0 Å². The van der Waals surface area contributed by atoms with Gasteiger partial charge in [0.25, 0.3) is 0 Å². The molecule has 1 aromatic rings. The Morgan fingerprint density at radius 2 is 1.93 bits per heavy atom. The third kappa shape index (κ3) is 2.51. The maximum atomic E-state index is 13.4. The maximum absolute atomic E-state index is 13.4. The first-order valence-corrected chi connectivity index (χ1v) is 4.93. The number of halogens is 1. The minimum absolute atomic E-state index is 0.191. The van der Waals surface area contributed by atoms with E-state index in [-0.39, 0.29) is 11.9 Å². The lowest BCUT2D eigenvalue weighted by Crippen LogP contribution is -1.98. The zero-order valence-corrected chi connectivity index (χ0v) is 9.17. The monoisotopic (exact) mass is 207 g/mol. The van der Waals surface area contributed by atoms with Crippen molar-refractivity contribution in [1.29, 1.82) is 0 Å². The fourth-order valence-corrected chi connectivity index (χ4v) is 1.64. The number of benzene rings is 1. The van der Waals surface area contributed by atoms with Crippen LogP contribution in [0.5, 0.6) is 0 Å². The van der Waals surface area contributed by atoms with Crippen LogP contribution in [0.1, 0.15) is 36.1 Å². The summed E-state index contributed by atoms with van der Waals surface area (Å²) in [5.74, 6) is -0.191. The Morgan fingerprint density at radius 3 is 2.33 bits per heavy atom. The summed E-state index contributed by atoms with van der Waals surface area (Å²) in [6.45, 7) is 5.35. The van der Waals surface area contributed by atoms with E-state index in [2.05, 4.69) is 4.99 Å². The fraction of sp³-hybridized carbons (Fsp3) is 0.417. The van der Waals surface area contributed by atoms with E-state index in [0.717, 1.165) is 5.56 Å². The highest BCUT2D eigenvalue weighted by Gasteiger charge is 2.11. The summed E-state index contributed by atoms with van der Waals surface area (Å²) in [5.41, 5.74) is 2.05. The van der Waals surface area contributed by atoms with Gasteiger partial charge in [0.15, 0.2) is 0 Å². The summed E-state index contributed by atoms with van der Waals surface area (Å²) in [4.78, 5) is 13.9. The summed E-state index contributed by atoms with van der Waals surface area (Å²) >= 11 is 0. The van der Waals surface area contributed by atoms with E-state index in [1.165, 1.54) is 0 Å². The predicted octanol–water partition coefficient (Wildman–Crippen LogP) is 3.23. The van der Waals surface area contributed by atoms with E-state index in [0.29, 0.717) is 17.5 Å². The smallest absolute Gasteiger partial charge is 0.211 e. The van der Waals surface area contributed by atoms with Crippen LogP contribution >= 0.6 is 0 Å². The minimum atomic E-state index is -0.208. The van der Waals surface area contributed by atoms with Gasteiger partial charge in [-0.1, -0.05) is 19.1 Å². The van der Waals surface area contributed by atoms with Gasteiger partial charge < -0.3 is 0 Å². The fourth-order valence-electron chi connectivity index (χ4n) is 1.64. The van der Waals surface area contributed by atoms with Crippen molar-refractivity contribution in [3.05, 3.63) is 34.6 Å². The molecule has 1 aromatic carbocycles. The molecule has 0 N–H and O–H groups in total. The summed E-state index contributed by atoms with van der Waals surface area (Å²) in [6.07, 6.45) is 2.26. The van der Waals surface area contributed by atoms with Crippen LogP contribution in [0.25, 0.3) is 0 Å². The second kappa shape index (κ2) is 4.85. The van der Waals surface area contributed by atoms with Crippen LogP contribution in [0.3, 0.4) is 0 Å². The molecule has 1 unspecified atom stereocenters. The van der Waals surface area contributed by atoms with Crippen LogP contribution in [-0.2, 0) is 4.79 Å². The van der Waals surface area contributed by atoms with E-state index in [9.17, 15) is 9.18 Å². The molecule has 1 rings (SSSR count). The highest BCUT2D eigenvalue weighted by Crippen LogP contribution is 2.24. The molecule has 2 nitrogen and oxygen atoms in total. The van der Waals surface area contributed by atoms with Crippen LogP contribution in [0.2, 0.25) is 0 Å². The van der Waals surface area contributed by atoms with Crippen LogP contribution in [0.15, 0.2) is 17.1 Å². The number of carbonyl (C=O) groups excluding carboxylic acids is 1. The van der Waals surface area contributed by atoms with Gasteiger partial charge in [-0.3, -0.25) is 0 Å². The number of rotatable bonds is 3. The Kier molecular flexibility index (Phi) is 3.75. The number of isocyanates is 1. The van der Waals surface area contributed by atoms with Gasteiger partial charge in [0.2, 0.25) is 6.08 Å². The van der Waals surface area contributed by atoms with E-state index >= 15 is 0 Å². The molecular weight excluding hydrogens is 193 g/mol. The van der Waals surface area contributed by atoms with Crippen molar-refractivity contribution < 1.29 is 9.18 Å². The van der Waals surface area contributed by atoms with Gasteiger partial charge in [-0.25, -0.2) is 9.18 Å². The number of hydrogen-bond donors (Lipinski definition) is 0. The first-order chi connectivity index (χ1) is 7.10. The average Bonchev–Trinajstić information content (AvgIpc) is 2.22. The molecular formula is C12H14FNO. The van der Waals surface area contributed by atoms with Crippen molar-refractivity contribution in [2.75, 3.05) is 0 Å². The van der Waals surface area contributed by atoms with Gasteiger partial charge in [-0.05, 0) is 37.0 Å². The standard InChI is InChI=1S/C12H14FNO/c1-4-11(14-7-15)10-5-8(2)12(13)9(3)6-10/h5-6,11H,4H2,1-3H3. The van der Waals surface area contributed by atoms with Gasteiger partial charge in [-0.2, -0.15) is 4.99 Å². The molecule has 1 atom stereocenters. The minimum Gasteiger partial charge on any atom is -0.211 e. The molecule has 0 aliphatic carbocycles. The Bertz CT molecular complexity index is 385. The van der Waals surface area contributed by atoms with Crippen molar-refractivity contribution in [2.24, 2.45) is 4.99 Å². The van der Waals surface area contributed by atoms with Crippen LogP contribution in [0, 0.1) is 19.7 Å². The van der Waals surface area contributed by atoms with Crippen LogP contribution in [-0.4, -0.2) is 6.08 Å². The van der Waals surface area contributed by atoms with Crippen molar-refractivity contribution in [3.8, 4) is 0 Å². The molecule has 0 fully saturated rings. The first kappa shape index (κ1) is 11.6. The lowest BCUT2D eigenvalue weighted by atomic mass is 9.99. The molecule has 0 radical (unpaired) electrons. The van der Waals surface area contributed by atoms with Gasteiger partial charge >= 0.3 is 0 Å². The molecule has 15 heavy (non-hydrogen) atoms. The maximum Gasteiger partial charge on any atom is 0.235 e. The lowest BCUT2D eigenvalue weighted by molar-refractivity contribution is 0.555. The number of hydrogen-bond acceptors (Lipinski definition) is 2. The highest BCUT2D eigenvalue weighted by molar-refractivity contribution is 5.37. The summed E-state index contributed by atoms with van der Waals surface area (Å²) < 4.78 is 13.4. The van der Waals surface area contributed by atoms with E-state index in [1.54, 1.807) is 32.1 Å². The zero-order valence-electron chi connectivity index (χ0n) is 9.17. The normalized spacial score (nSPS) is 12.0. The zero-order chi connectivity index (χ0) is 11.4. The molecule has 0 saturated carbocycles. The largest absolute Gasteiger partial charge is 0.235 e. The van der Waals surface area contributed by atoms with Crippen molar-refractivity contribution in [3.63, 3.8) is 0 Å². The van der Waals surface area contributed by atoms with Crippen LogP contribution in [0.4, 0.5) is 4.39 Å². The molecule has 0 spiro atoms. The van der Waals surface area contributed by atoms with Gasteiger partial charge in [-0.15, -0.1) is 0 Å². The molecule has 0 saturated heterocycles. The second-order valence-electron chi connectivity index (χ2n) is 3.61. The molecule has 80 valence electrons. The van der Waals surface area contributed by atoms with Crippen molar-refractivity contribution in [2.45, 2.75) is 33.2 Å². The van der Waals surface area contributed by atoms with Gasteiger partial charge in [0.05, 0.1) is 6.04 Å². The number of nitrogens with zero attached hydrogens (tertiary/aromatic N) is 1. The number of aryl methyl sites for hydroxylation is 2. The number of aliphatic imine (C=N–C) groups is 1. The molecule has 0 heterocycles. The van der Waals surface area contributed by atoms with Gasteiger partial charge in [0, 0.05) is 0 Å². The summed E-state index contributed by atoms with van der Waals surface area (Å²) in [5, 5.41) is 0. The Labute approximate surface area is 88.8 Å². The van der Waals surface area contributed by atoms with E-state index in [1.807, 2.05) is 6.92 Å². The molecule has 0 amide bonds. The average molecular weight is 207 g/mol. The van der Waals surface area contributed by atoms with Crippen LogP contribution < -0.4 is 0 Å². The molecule has 3 heteroatoms. The third-order valence-electron chi connectivity index (χ3n) is 2.44. The Balaban J connectivity index is 3.19. The highest BCUT2D eigenvalue weighted by atomic mass is 19.1. The third-order valence-corrected chi connectivity index (χ3v) is 2.44. The second-order valence-corrected chi connectivity index (χ2v) is 3.61. The van der Waals surface area contributed by atoms with Crippen molar-refractivity contribution >= 4 is 6.08 Å². The lowest BCUT2D eigenvalue weighted by Gasteiger charge is -2.11. The summed E-state index contributed by atoms with van der Waals surface area (Å²) in [7, 11) is 0. The topological polar surface area (TPSA) is 29.4 Å². The van der Waals surface area contributed by atoms with Crippen molar-refractivity contribution in [1.82, 2.24) is 0 Å². The predicted molar refractivity (Wildman–Crippen MR) is 57.0 cm³/mol.